The summed E-state index contributed by atoms with van der Waals surface area (Å²) < 4.78 is 9.57. The molecule has 4 rings (SSSR count). The molecule has 0 spiro atoms. The van der Waals surface area contributed by atoms with Gasteiger partial charge >= 0.3 is 0 Å². The van der Waals surface area contributed by atoms with Crippen LogP contribution in [0.3, 0.4) is 0 Å². The smallest absolute Gasteiger partial charge is 0.209 e. The monoisotopic (exact) mass is 479 g/mol. The maximum absolute atomic E-state index is 11.4. The van der Waals surface area contributed by atoms with E-state index in [1.165, 1.54) is 26.7 Å². The van der Waals surface area contributed by atoms with E-state index in [-0.39, 0.29) is 6.04 Å². The predicted molar refractivity (Wildman–Crippen MR) is 109 cm³/mol. The average molecular weight is 481 g/mol. The maximum atomic E-state index is 11.4. The summed E-state index contributed by atoms with van der Waals surface area (Å²) in [5.41, 5.74) is 6.28. The molecule has 2 aromatic rings. The number of benzene rings is 1. The number of pyridine rings is 1. The Labute approximate surface area is 172 Å². The fourth-order valence-electron chi connectivity index (χ4n) is 4.05. The number of carbonyl (C=O) groups excluding carboxylic acids is 1. The van der Waals surface area contributed by atoms with Crippen LogP contribution in [0.4, 0.5) is 0 Å². The SMILES string of the molecule is [3H]C(=O)N1CCN([C@H]2c3ccc(C)c(Br)c3CCc3cc(Br)cnc32)CC1. The number of aryl methyl sites for hydroxylation is 2. The van der Waals surface area contributed by atoms with E-state index in [1.54, 1.807) is 4.90 Å². The summed E-state index contributed by atoms with van der Waals surface area (Å²) in [7, 11) is 0. The molecule has 1 atom stereocenters. The number of halogens is 2. The van der Waals surface area contributed by atoms with E-state index in [2.05, 4.69) is 61.9 Å². The van der Waals surface area contributed by atoms with Crippen LogP contribution in [-0.4, -0.2) is 47.3 Å². The first-order valence-corrected chi connectivity index (χ1v) is 10.5. The van der Waals surface area contributed by atoms with Crippen LogP contribution in [0.2, 0.25) is 0 Å². The number of amides is 1. The van der Waals surface area contributed by atoms with Gasteiger partial charge in [0.15, 0.2) is 0 Å². The van der Waals surface area contributed by atoms with Crippen molar-refractivity contribution in [3.05, 3.63) is 61.3 Å². The molecule has 0 N–H and O–H groups in total. The zero-order valence-corrected chi connectivity index (χ0v) is 17.8. The zero-order chi connectivity index (χ0) is 19.1. The van der Waals surface area contributed by atoms with E-state index in [4.69, 9.17) is 6.35 Å². The second-order valence-electron chi connectivity index (χ2n) is 6.98. The minimum Gasteiger partial charge on any atom is -0.343 e. The largest absolute Gasteiger partial charge is 0.343 e. The van der Waals surface area contributed by atoms with E-state index >= 15 is 0 Å². The van der Waals surface area contributed by atoms with Gasteiger partial charge in [0, 0.05) is 41.3 Å². The minimum absolute atomic E-state index is 0.0745. The fourth-order valence-corrected chi connectivity index (χ4v) is 4.99. The van der Waals surface area contributed by atoms with Crippen molar-refractivity contribution < 1.29 is 6.17 Å². The molecule has 1 aliphatic heterocycles. The molecule has 136 valence electrons. The minimum atomic E-state index is -0.586. The van der Waals surface area contributed by atoms with Gasteiger partial charge < -0.3 is 4.90 Å². The number of nitrogens with zero attached hydrogens (tertiary/aromatic N) is 3. The summed E-state index contributed by atoms with van der Waals surface area (Å²) in [4.78, 5) is 20.2. The third-order valence-electron chi connectivity index (χ3n) is 5.45. The van der Waals surface area contributed by atoms with Crippen LogP contribution < -0.4 is 0 Å². The number of rotatable bonds is 1. The highest BCUT2D eigenvalue weighted by Gasteiger charge is 2.33. The molecule has 0 bridgehead atoms. The lowest BCUT2D eigenvalue weighted by atomic mass is 9.94. The fraction of sp³-hybridized carbons (Fsp3) is 0.400. The summed E-state index contributed by atoms with van der Waals surface area (Å²) in [6, 6.07) is 6.67. The van der Waals surface area contributed by atoms with Crippen LogP contribution in [0.1, 0.15) is 35.4 Å². The highest BCUT2D eigenvalue weighted by Crippen LogP contribution is 2.40. The van der Waals surface area contributed by atoms with E-state index in [0.717, 1.165) is 36.1 Å². The van der Waals surface area contributed by atoms with Gasteiger partial charge in [-0.15, -0.1) is 0 Å². The molecule has 26 heavy (non-hydrogen) atoms. The van der Waals surface area contributed by atoms with Crippen molar-refractivity contribution in [3.63, 3.8) is 0 Å². The number of hydrogen-bond donors (Lipinski definition) is 0. The Hall–Kier alpha value is -1.24. The predicted octanol–water partition coefficient (Wildman–Crippen LogP) is 3.88. The molecule has 1 aliphatic carbocycles. The van der Waals surface area contributed by atoms with Crippen molar-refractivity contribution in [1.82, 2.24) is 14.8 Å². The maximum Gasteiger partial charge on any atom is 0.209 e. The Balaban J connectivity index is 1.79. The molecule has 1 aromatic carbocycles. The van der Waals surface area contributed by atoms with Crippen molar-refractivity contribution in [1.29, 1.82) is 0 Å². The summed E-state index contributed by atoms with van der Waals surface area (Å²) >= 11 is 7.38. The summed E-state index contributed by atoms with van der Waals surface area (Å²) in [5, 5.41) is 0. The first kappa shape index (κ1) is 16.9. The molecule has 6 heteroatoms. The molecule has 0 saturated carbocycles. The lowest BCUT2D eigenvalue weighted by molar-refractivity contribution is -0.119. The molecule has 0 radical (unpaired) electrons. The summed E-state index contributed by atoms with van der Waals surface area (Å²) in [6.45, 7) is 4.81. The summed E-state index contributed by atoms with van der Waals surface area (Å²) in [6.07, 6.45) is 3.23. The number of aromatic nitrogens is 1. The van der Waals surface area contributed by atoms with Gasteiger partial charge in [0.2, 0.25) is 6.39 Å². The standard InChI is InChI=1S/C20H21Br2N3O/c1-13-2-4-17-16(18(13)22)5-3-14-10-15(21)11-23-19(14)20(17)25-8-6-24(12-26)7-9-25/h2,4,10-12,20H,3,5-9H2,1H3/t20-/m0/s1/i12T. The van der Waals surface area contributed by atoms with Crippen LogP contribution in [0.25, 0.3) is 0 Å². The first-order chi connectivity index (χ1) is 13.0. The van der Waals surface area contributed by atoms with Crippen molar-refractivity contribution in [2.24, 2.45) is 0 Å². The van der Waals surface area contributed by atoms with Crippen LogP contribution in [0.5, 0.6) is 0 Å². The lowest BCUT2D eigenvalue weighted by Crippen LogP contribution is -2.47. The van der Waals surface area contributed by atoms with E-state index < -0.39 is 6.39 Å². The molecule has 1 aromatic heterocycles. The molecule has 4 nitrogen and oxygen atoms in total. The van der Waals surface area contributed by atoms with Crippen molar-refractivity contribution in [3.8, 4) is 0 Å². The van der Waals surface area contributed by atoms with Gasteiger partial charge in [-0.1, -0.05) is 28.1 Å². The number of fused-ring (bicyclic) bond motifs is 2. The second-order valence-corrected chi connectivity index (χ2v) is 8.69. The van der Waals surface area contributed by atoms with Gasteiger partial charge in [-0.3, -0.25) is 14.7 Å². The van der Waals surface area contributed by atoms with E-state index in [9.17, 15) is 4.79 Å². The van der Waals surface area contributed by atoms with Gasteiger partial charge in [-0.2, -0.15) is 0 Å². The molecule has 1 amide bonds. The molecule has 2 heterocycles. The Morgan fingerprint density at radius 1 is 1.23 bits per heavy atom. The molecule has 1 fully saturated rings. The van der Waals surface area contributed by atoms with E-state index in [0.29, 0.717) is 13.1 Å². The third kappa shape index (κ3) is 3.23. The van der Waals surface area contributed by atoms with E-state index in [1.807, 2.05) is 6.20 Å². The number of piperazine rings is 1. The number of carbonyl (C=O) groups is 1. The third-order valence-corrected chi connectivity index (χ3v) is 6.98. The van der Waals surface area contributed by atoms with Gasteiger partial charge in [-0.05, 0) is 64.0 Å². The Morgan fingerprint density at radius 3 is 2.73 bits per heavy atom. The van der Waals surface area contributed by atoms with Gasteiger partial charge in [0.1, 0.15) is 1.37 Å². The summed E-state index contributed by atoms with van der Waals surface area (Å²) in [5.74, 6) is 0. The van der Waals surface area contributed by atoms with Gasteiger partial charge in [-0.25, -0.2) is 0 Å². The van der Waals surface area contributed by atoms with Crippen LogP contribution in [0.15, 0.2) is 33.3 Å². The highest BCUT2D eigenvalue weighted by atomic mass is 79.9. The van der Waals surface area contributed by atoms with Crippen molar-refractivity contribution in [2.45, 2.75) is 25.8 Å². The van der Waals surface area contributed by atoms with Gasteiger partial charge in [0.05, 0.1) is 11.7 Å². The van der Waals surface area contributed by atoms with Crippen molar-refractivity contribution >= 4 is 38.2 Å². The molecule has 2 aliphatic rings. The number of hydrogen-bond acceptors (Lipinski definition) is 3. The topological polar surface area (TPSA) is 36.4 Å². The van der Waals surface area contributed by atoms with Crippen LogP contribution in [-0.2, 0) is 17.6 Å². The average Bonchev–Trinajstić information content (AvgIpc) is 2.81. The van der Waals surface area contributed by atoms with Gasteiger partial charge in [0.25, 0.3) is 0 Å². The molecule has 0 unspecified atom stereocenters. The quantitative estimate of drug-likeness (QED) is 0.581. The van der Waals surface area contributed by atoms with Crippen molar-refractivity contribution in [2.75, 3.05) is 26.2 Å². The Bertz CT molecular complexity index is 897. The zero-order valence-electron chi connectivity index (χ0n) is 15.6. The van der Waals surface area contributed by atoms with Crippen LogP contribution >= 0.6 is 31.9 Å². The Kier molecular flexibility index (Phi) is 4.82. The second kappa shape index (κ2) is 7.41. The normalized spacial score (nSPS) is 20.8. The highest BCUT2D eigenvalue weighted by molar-refractivity contribution is 9.10. The lowest BCUT2D eigenvalue weighted by Gasteiger charge is -2.38. The molecular weight excluding hydrogens is 458 g/mol. The Morgan fingerprint density at radius 2 is 2.00 bits per heavy atom. The molecule has 1 saturated heterocycles. The molecular formula is C20H21Br2N3O. The van der Waals surface area contributed by atoms with Crippen LogP contribution in [0, 0.1) is 6.92 Å². The first-order valence-electron chi connectivity index (χ1n) is 9.37.